The Labute approximate surface area is 149 Å². The van der Waals surface area contributed by atoms with E-state index in [2.05, 4.69) is 4.90 Å². The summed E-state index contributed by atoms with van der Waals surface area (Å²) in [7, 11) is 0. The summed E-state index contributed by atoms with van der Waals surface area (Å²) >= 11 is 1.37. The van der Waals surface area contributed by atoms with Crippen molar-refractivity contribution in [2.45, 2.75) is 81.3 Å². The van der Waals surface area contributed by atoms with E-state index in [0.717, 1.165) is 30.4 Å². The van der Waals surface area contributed by atoms with Crippen LogP contribution in [-0.2, 0) is 4.79 Å². The van der Waals surface area contributed by atoms with Crippen LogP contribution in [0.4, 0.5) is 0 Å². The van der Waals surface area contributed by atoms with Crippen molar-refractivity contribution in [2.24, 2.45) is 0 Å². The van der Waals surface area contributed by atoms with Crippen LogP contribution >= 0.6 is 11.8 Å². The molecule has 0 atom stereocenters. The summed E-state index contributed by atoms with van der Waals surface area (Å²) in [6, 6.07) is 6.20. The van der Waals surface area contributed by atoms with E-state index >= 15 is 0 Å². The highest BCUT2D eigenvalue weighted by Crippen LogP contribution is 2.31. The highest BCUT2D eigenvalue weighted by atomic mass is 32.2. The molecule has 0 unspecified atom stereocenters. The van der Waals surface area contributed by atoms with Gasteiger partial charge in [0.15, 0.2) is 6.20 Å². The van der Waals surface area contributed by atoms with Gasteiger partial charge in [-0.1, -0.05) is 38.5 Å². The van der Waals surface area contributed by atoms with E-state index in [9.17, 15) is 10.0 Å². The summed E-state index contributed by atoms with van der Waals surface area (Å²) in [6.07, 6.45) is 13.7. The fraction of sp³-hybridized carbons (Fsp3) is 0.684. The maximum Gasteiger partial charge on any atom is 0.251 e. The Morgan fingerprint density at radius 1 is 1.04 bits per heavy atom. The Balaban J connectivity index is 1.66. The van der Waals surface area contributed by atoms with Crippen LogP contribution in [0.1, 0.15) is 64.2 Å². The third-order valence-electron chi connectivity index (χ3n) is 5.36. The third kappa shape index (κ3) is 4.44. The zero-order valence-corrected chi connectivity index (χ0v) is 15.2. The fourth-order valence-corrected chi connectivity index (χ4v) is 4.94. The van der Waals surface area contributed by atoms with Crippen molar-refractivity contribution in [1.29, 1.82) is 0 Å². The number of amides is 1. The van der Waals surface area contributed by atoms with E-state index in [1.165, 1.54) is 56.5 Å². The van der Waals surface area contributed by atoms with Crippen molar-refractivity contribution in [1.82, 2.24) is 4.90 Å². The summed E-state index contributed by atoms with van der Waals surface area (Å²) in [6.45, 7) is 0. The second-order valence-electron chi connectivity index (χ2n) is 7.04. The van der Waals surface area contributed by atoms with Gasteiger partial charge in [-0.05, 0) is 43.5 Å². The van der Waals surface area contributed by atoms with E-state index in [-0.39, 0.29) is 5.91 Å². The Morgan fingerprint density at radius 2 is 1.62 bits per heavy atom. The minimum atomic E-state index is 0.225. The lowest BCUT2D eigenvalue weighted by atomic mass is 9.88. The largest absolute Gasteiger partial charge is 0.618 e. The van der Waals surface area contributed by atoms with Crippen molar-refractivity contribution in [3.8, 4) is 0 Å². The van der Waals surface area contributed by atoms with Crippen LogP contribution in [-0.4, -0.2) is 28.6 Å². The zero-order chi connectivity index (χ0) is 16.8. The molecule has 2 saturated carbocycles. The summed E-state index contributed by atoms with van der Waals surface area (Å²) in [5.41, 5.74) is 0. The lowest BCUT2D eigenvalue weighted by molar-refractivity contribution is -0.645. The van der Waals surface area contributed by atoms with Gasteiger partial charge in [0.2, 0.25) is 5.91 Å². The summed E-state index contributed by atoms with van der Waals surface area (Å²) in [5.74, 6) is 0.599. The highest BCUT2D eigenvalue weighted by Gasteiger charge is 2.32. The molecule has 24 heavy (non-hydrogen) atoms. The van der Waals surface area contributed by atoms with Gasteiger partial charge < -0.3 is 10.1 Å². The van der Waals surface area contributed by atoms with Crippen molar-refractivity contribution in [3.05, 3.63) is 29.6 Å². The molecule has 1 amide bonds. The topological polar surface area (TPSA) is 47.2 Å². The van der Waals surface area contributed by atoms with E-state index in [4.69, 9.17) is 0 Å². The van der Waals surface area contributed by atoms with Gasteiger partial charge in [-0.15, -0.1) is 0 Å². The Morgan fingerprint density at radius 3 is 2.17 bits per heavy atom. The standard InChI is InChI=1S/C19H28N2O2S/c22-18(15-24-19-13-7-8-14-20(19)23)21(16-9-3-1-4-10-16)17-11-5-2-6-12-17/h7-8,13-14,16-17H,1-6,9-12,15H2. The average molecular weight is 349 g/mol. The maximum atomic E-state index is 13.0. The van der Waals surface area contributed by atoms with Crippen LogP contribution in [0.25, 0.3) is 0 Å². The summed E-state index contributed by atoms with van der Waals surface area (Å²) < 4.78 is 0.851. The van der Waals surface area contributed by atoms with Gasteiger partial charge in [-0.25, -0.2) is 0 Å². The Hall–Kier alpha value is -1.23. The fourth-order valence-electron chi connectivity index (χ4n) is 4.16. The number of nitrogens with zero attached hydrogens (tertiary/aromatic N) is 2. The molecule has 1 aromatic heterocycles. The number of carbonyl (C=O) groups excluding carboxylic acids is 1. The first kappa shape index (κ1) is 17.6. The number of thioether (sulfide) groups is 1. The van der Waals surface area contributed by atoms with Crippen molar-refractivity contribution in [2.75, 3.05) is 5.75 Å². The molecule has 0 aromatic carbocycles. The van der Waals surface area contributed by atoms with Gasteiger partial charge in [-0.3, -0.25) is 4.79 Å². The van der Waals surface area contributed by atoms with Gasteiger partial charge in [0.25, 0.3) is 5.03 Å². The molecule has 132 valence electrons. The van der Waals surface area contributed by atoms with E-state index in [1.54, 1.807) is 12.1 Å². The van der Waals surface area contributed by atoms with Crippen LogP contribution in [0.5, 0.6) is 0 Å². The molecule has 0 N–H and O–H groups in total. The number of carbonyl (C=O) groups is 1. The molecule has 0 saturated heterocycles. The molecule has 4 nitrogen and oxygen atoms in total. The lowest BCUT2D eigenvalue weighted by Gasteiger charge is -2.41. The number of hydrogen-bond donors (Lipinski definition) is 0. The second-order valence-corrected chi connectivity index (χ2v) is 8.03. The van der Waals surface area contributed by atoms with Gasteiger partial charge in [0.1, 0.15) is 0 Å². The monoisotopic (exact) mass is 348 g/mol. The van der Waals surface area contributed by atoms with Crippen molar-refractivity contribution >= 4 is 17.7 Å². The van der Waals surface area contributed by atoms with Crippen molar-refractivity contribution in [3.63, 3.8) is 0 Å². The number of hydrogen-bond acceptors (Lipinski definition) is 3. The van der Waals surface area contributed by atoms with E-state index in [0.29, 0.717) is 22.9 Å². The van der Waals surface area contributed by atoms with Crippen molar-refractivity contribution < 1.29 is 9.52 Å². The minimum Gasteiger partial charge on any atom is -0.618 e. The quantitative estimate of drug-likeness (QED) is 0.460. The van der Waals surface area contributed by atoms with Gasteiger partial charge in [-0.2, -0.15) is 4.73 Å². The predicted molar refractivity (Wildman–Crippen MR) is 96.7 cm³/mol. The third-order valence-corrected chi connectivity index (χ3v) is 6.36. The molecular weight excluding hydrogens is 320 g/mol. The van der Waals surface area contributed by atoms with Gasteiger partial charge >= 0.3 is 0 Å². The summed E-state index contributed by atoms with van der Waals surface area (Å²) in [5, 5.41) is 12.4. The Kier molecular flexibility index (Phi) is 6.41. The molecule has 2 aliphatic carbocycles. The molecule has 2 aliphatic rings. The average Bonchev–Trinajstić information content (AvgIpc) is 2.63. The zero-order valence-electron chi connectivity index (χ0n) is 14.4. The van der Waals surface area contributed by atoms with E-state index < -0.39 is 0 Å². The van der Waals surface area contributed by atoms with Crippen LogP contribution in [0.3, 0.4) is 0 Å². The lowest BCUT2D eigenvalue weighted by Crippen LogP contribution is -2.49. The molecule has 3 rings (SSSR count). The second kappa shape index (κ2) is 8.75. The molecule has 0 radical (unpaired) electrons. The molecule has 1 aromatic rings. The number of pyridine rings is 1. The first-order valence-corrected chi connectivity index (χ1v) is 10.4. The molecule has 5 heteroatoms. The van der Waals surface area contributed by atoms with Crippen LogP contribution in [0.15, 0.2) is 29.4 Å². The maximum absolute atomic E-state index is 13.0. The smallest absolute Gasteiger partial charge is 0.251 e. The Bertz CT molecular complexity index is 522. The van der Waals surface area contributed by atoms with Crippen LogP contribution < -0.4 is 4.73 Å². The normalized spacial score (nSPS) is 20.0. The summed E-state index contributed by atoms with van der Waals surface area (Å²) in [4.78, 5) is 15.2. The van der Waals surface area contributed by atoms with Gasteiger partial charge in [0.05, 0.1) is 5.75 Å². The predicted octanol–water partition coefficient (Wildman–Crippen LogP) is 3.91. The number of rotatable bonds is 5. The molecule has 2 fully saturated rings. The molecular formula is C19H28N2O2S. The molecule has 1 heterocycles. The first-order chi connectivity index (χ1) is 11.8. The van der Waals surface area contributed by atoms with Crippen LogP contribution in [0, 0.1) is 5.21 Å². The van der Waals surface area contributed by atoms with Crippen LogP contribution in [0.2, 0.25) is 0 Å². The highest BCUT2D eigenvalue weighted by molar-refractivity contribution is 7.99. The first-order valence-electron chi connectivity index (χ1n) is 9.38. The van der Waals surface area contributed by atoms with E-state index in [1.807, 2.05) is 6.07 Å². The number of aromatic nitrogens is 1. The molecule has 0 aliphatic heterocycles. The minimum absolute atomic E-state index is 0.225. The SMILES string of the molecule is O=C(CSc1cccc[n+]1[O-])N(C1CCCCC1)C1CCCCC1. The van der Waals surface area contributed by atoms with Gasteiger partial charge in [0, 0.05) is 24.2 Å². The molecule has 0 spiro atoms. The molecule has 0 bridgehead atoms.